The molecule has 0 heterocycles. The highest BCUT2D eigenvalue weighted by Crippen LogP contribution is 2.38. The molecule has 1 aliphatic carbocycles. The van der Waals surface area contributed by atoms with Crippen molar-refractivity contribution in [3.63, 3.8) is 0 Å². The quantitative estimate of drug-likeness (QED) is 0.885. The van der Waals surface area contributed by atoms with E-state index in [1.54, 1.807) is 18.2 Å². The summed E-state index contributed by atoms with van der Waals surface area (Å²) in [6.07, 6.45) is 4.99. The Morgan fingerprint density at radius 1 is 1.15 bits per heavy atom. The molecule has 0 radical (unpaired) electrons. The number of hydrogen-bond donors (Lipinski definition) is 2. The minimum Gasteiger partial charge on any atom is -0.366 e. The molecule has 1 aromatic carbocycles. The fourth-order valence-electron chi connectivity index (χ4n) is 2.50. The fourth-order valence-corrected chi connectivity index (χ4v) is 2.50. The summed E-state index contributed by atoms with van der Waals surface area (Å²) in [5, 5.41) is 0. The molecular formula is C16H20N2O2. The van der Waals surface area contributed by atoms with Crippen LogP contribution in [0.25, 0.3) is 5.57 Å². The second-order valence-corrected chi connectivity index (χ2v) is 6.09. The van der Waals surface area contributed by atoms with E-state index in [9.17, 15) is 9.59 Å². The van der Waals surface area contributed by atoms with Gasteiger partial charge in [0.25, 0.3) is 0 Å². The fraction of sp³-hybridized carbons (Fsp3) is 0.375. The van der Waals surface area contributed by atoms with E-state index in [4.69, 9.17) is 11.5 Å². The summed E-state index contributed by atoms with van der Waals surface area (Å²) in [5.41, 5.74) is 13.7. The summed E-state index contributed by atoms with van der Waals surface area (Å²) in [6.45, 7) is 4.43. The third-order valence-electron chi connectivity index (χ3n) is 3.89. The van der Waals surface area contributed by atoms with Crippen molar-refractivity contribution in [2.75, 3.05) is 0 Å². The smallest absolute Gasteiger partial charge is 0.249 e. The van der Waals surface area contributed by atoms with Crippen LogP contribution in [-0.4, -0.2) is 11.8 Å². The minimum absolute atomic E-state index is 0.275. The Balaban J connectivity index is 2.48. The van der Waals surface area contributed by atoms with Crippen LogP contribution in [0.4, 0.5) is 0 Å². The average molecular weight is 272 g/mol. The molecule has 0 aromatic heterocycles. The first-order chi connectivity index (χ1) is 9.30. The zero-order valence-corrected chi connectivity index (χ0v) is 11.9. The Hall–Kier alpha value is -2.10. The number of hydrogen-bond acceptors (Lipinski definition) is 2. The van der Waals surface area contributed by atoms with Gasteiger partial charge in [-0.25, -0.2) is 0 Å². The van der Waals surface area contributed by atoms with E-state index in [-0.39, 0.29) is 5.41 Å². The molecule has 4 N–H and O–H groups in total. The SMILES string of the molecule is CC1(C)CC=C(c2cc(C(N)=O)ccc2C(N)=O)CC1. The Morgan fingerprint density at radius 3 is 2.35 bits per heavy atom. The van der Waals surface area contributed by atoms with Crippen molar-refractivity contribution in [2.45, 2.75) is 33.1 Å². The maximum atomic E-state index is 11.6. The summed E-state index contributed by atoms with van der Waals surface area (Å²) in [7, 11) is 0. The van der Waals surface area contributed by atoms with Crippen LogP contribution in [0.15, 0.2) is 24.3 Å². The van der Waals surface area contributed by atoms with Crippen LogP contribution >= 0.6 is 0 Å². The van der Waals surface area contributed by atoms with Gasteiger partial charge in [0, 0.05) is 11.1 Å². The van der Waals surface area contributed by atoms with Gasteiger partial charge in [-0.1, -0.05) is 19.9 Å². The lowest BCUT2D eigenvalue weighted by Crippen LogP contribution is -2.19. The predicted octanol–water partition coefficient (Wildman–Crippen LogP) is 2.48. The zero-order valence-electron chi connectivity index (χ0n) is 11.9. The van der Waals surface area contributed by atoms with Gasteiger partial charge in [-0.05, 0) is 54.0 Å². The number of carbonyl (C=O) groups is 2. The number of rotatable bonds is 3. The van der Waals surface area contributed by atoms with Crippen LogP contribution < -0.4 is 11.5 Å². The first-order valence-corrected chi connectivity index (χ1v) is 6.73. The molecule has 0 saturated heterocycles. The number of benzene rings is 1. The lowest BCUT2D eigenvalue weighted by atomic mass is 9.76. The summed E-state index contributed by atoms with van der Waals surface area (Å²) >= 11 is 0. The molecule has 0 bridgehead atoms. The van der Waals surface area contributed by atoms with Gasteiger partial charge in [0.05, 0.1) is 0 Å². The summed E-state index contributed by atoms with van der Waals surface area (Å²) in [5.74, 6) is -0.985. The van der Waals surface area contributed by atoms with E-state index in [1.165, 1.54) is 0 Å². The molecule has 4 nitrogen and oxygen atoms in total. The topological polar surface area (TPSA) is 86.2 Å². The second-order valence-electron chi connectivity index (χ2n) is 6.09. The highest BCUT2D eigenvalue weighted by Gasteiger charge is 2.24. The number of amides is 2. The predicted molar refractivity (Wildman–Crippen MR) is 79.1 cm³/mol. The monoisotopic (exact) mass is 272 g/mol. The highest BCUT2D eigenvalue weighted by atomic mass is 16.1. The van der Waals surface area contributed by atoms with Crippen LogP contribution in [0.3, 0.4) is 0 Å². The lowest BCUT2D eigenvalue weighted by Gasteiger charge is -2.29. The number of nitrogens with two attached hydrogens (primary N) is 2. The van der Waals surface area contributed by atoms with Crippen LogP contribution in [0.1, 0.15) is 59.4 Å². The van der Waals surface area contributed by atoms with Gasteiger partial charge in [0.1, 0.15) is 0 Å². The molecule has 0 aliphatic heterocycles. The van der Waals surface area contributed by atoms with Gasteiger partial charge < -0.3 is 11.5 Å². The summed E-state index contributed by atoms with van der Waals surface area (Å²) in [4.78, 5) is 22.9. The molecule has 20 heavy (non-hydrogen) atoms. The molecule has 0 fully saturated rings. The van der Waals surface area contributed by atoms with Crippen molar-refractivity contribution in [1.29, 1.82) is 0 Å². The molecule has 4 heteroatoms. The molecule has 1 aromatic rings. The van der Waals surface area contributed by atoms with Crippen LogP contribution in [-0.2, 0) is 0 Å². The lowest BCUT2D eigenvalue weighted by molar-refractivity contribution is 0.0988. The zero-order chi connectivity index (χ0) is 14.9. The van der Waals surface area contributed by atoms with E-state index in [2.05, 4.69) is 19.9 Å². The maximum Gasteiger partial charge on any atom is 0.249 e. The van der Waals surface area contributed by atoms with Crippen molar-refractivity contribution in [3.8, 4) is 0 Å². The van der Waals surface area contributed by atoms with Crippen LogP contribution in [0.2, 0.25) is 0 Å². The minimum atomic E-state index is -0.501. The van der Waals surface area contributed by atoms with E-state index in [0.717, 1.165) is 30.4 Å². The molecule has 1 aliphatic rings. The Morgan fingerprint density at radius 2 is 1.85 bits per heavy atom. The van der Waals surface area contributed by atoms with Gasteiger partial charge in [0.15, 0.2) is 0 Å². The van der Waals surface area contributed by atoms with E-state index >= 15 is 0 Å². The number of carbonyl (C=O) groups excluding carboxylic acids is 2. The van der Waals surface area contributed by atoms with E-state index in [0.29, 0.717) is 11.1 Å². The summed E-state index contributed by atoms with van der Waals surface area (Å²) in [6, 6.07) is 4.80. The number of allylic oxidation sites excluding steroid dienone is 2. The molecule has 2 amide bonds. The van der Waals surface area contributed by atoms with Gasteiger partial charge in [0.2, 0.25) is 11.8 Å². The van der Waals surface area contributed by atoms with E-state index in [1.807, 2.05) is 0 Å². The molecular weight excluding hydrogens is 252 g/mol. The molecule has 0 unspecified atom stereocenters. The third-order valence-corrected chi connectivity index (χ3v) is 3.89. The summed E-state index contributed by atoms with van der Waals surface area (Å²) < 4.78 is 0. The van der Waals surface area contributed by atoms with Crippen molar-refractivity contribution in [3.05, 3.63) is 41.0 Å². The van der Waals surface area contributed by atoms with Gasteiger partial charge in [-0.3, -0.25) is 9.59 Å². The molecule has 0 spiro atoms. The normalized spacial score (nSPS) is 17.4. The largest absolute Gasteiger partial charge is 0.366 e. The maximum absolute atomic E-state index is 11.6. The first kappa shape index (κ1) is 14.3. The Labute approximate surface area is 118 Å². The third kappa shape index (κ3) is 2.90. The molecule has 0 saturated carbocycles. The van der Waals surface area contributed by atoms with Crippen molar-refractivity contribution >= 4 is 17.4 Å². The number of primary amides is 2. The second kappa shape index (κ2) is 5.12. The molecule has 2 rings (SSSR count). The van der Waals surface area contributed by atoms with Crippen LogP contribution in [0.5, 0.6) is 0 Å². The molecule has 106 valence electrons. The van der Waals surface area contributed by atoms with Crippen LogP contribution in [0, 0.1) is 5.41 Å². The Bertz CT molecular complexity index is 600. The average Bonchev–Trinajstić information content (AvgIpc) is 2.37. The van der Waals surface area contributed by atoms with Crippen molar-refractivity contribution in [2.24, 2.45) is 16.9 Å². The molecule has 0 atom stereocenters. The van der Waals surface area contributed by atoms with Gasteiger partial charge >= 0.3 is 0 Å². The van der Waals surface area contributed by atoms with Crippen molar-refractivity contribution in [1.82, 2.24) is 0 Å². The van der Waals surface area contributed by atoms with Gasteiger partial charge in [-0.2, -0.15) is 0 Å². The highest BCUT2D eigenvalue weighted by molar-refractivity contribution is 6.01. The Kier molecular flexibility index (Phi) is 3.66. The first-order valence-electron chi connectivity index (χ1n) is 6.73. The van der Waals surface area contributed by atoms with E-state index < -0.39 is 11.8 Å². The van der Waals surface area contributed by atoms with Crippen molar-refractivity contribution < 1.29 is 9.59 Å². The van der Waals surface area contributed by atoms with Gasteiger partial charge in [-0.15, -0.1) is 0 Å². The standard InChI is InChI=1S/C16H20N2O2/c1-16(2)7-5-10(6-8-16)13-9-11(14(17)19)3-4-12(13)15(18)20/h3-5,9H,6-8H2,1-2H3,(H2,17,19)(H2,18,20).